The minimum absolute atomic E-state index is 0.00347. The average molecular weight is 186 g/mol. The Morgan fingerprint density at radius 2 is 2.15 bits per heavy atom. The Bertz CT molecular complexity index is 232. The van der Waals surface area contributed by atoms with Gasteiger partial charge in [-0.25, -0.2) is 0 Å². The van der Waals surface area contributed by atoms with Gasteiger partial charge in [-0.05, 0) is 18.8 Å². The quantitative estimate of drug-likeness (QED) is 0.535. The molecular weight excluding hydrogens is 172 g/mol. The van der Waals surface area contributed by atoms with Gasteiger partial charge in [-0.1, -0.05) is 0 Å². The van der Waals surface area contributed by atoms with Crippen LogP contribution >= 0.6 is 0 Å². The van der Waals surface area contributed by atoms with E-state index in [1.807, 2.05) is 0 Å². The van der Waals surface area contributed by atoms with Crippen LogP contribution in [0.4, 0.5) is 0 Å². The molecule has 0 aromatic heterocycles. The Morgan fingerprint density at radius 1 is 1.31 bits per heavy atom. The largest absolute Gasteiger partial charge is 0.390 e. The number of rotatable bonds is 0. The van der Waals surface area contributed by atoms with E-state index in [9.17, 15) is 10.2 Å². The Kier molecular flexibility index (Phi) is 1.54. The maximum absolute atomic E-state index is 10.2. The first-order valence-electron chi connectivity index (χ1n) is 4.85. The van der Waals surface area contributed by atoms with Gasteiger partial charge < -0.3 is 19.7 Å². The van der Waals surface area contributed by atoms with Gasteiger partial charge in [0.15, 0.2) is 6.29 Å². The third kappa shape index (κ3) is 0.892. The van der Waals surface area contributed by atoms with E-state index in [-0.39, 0.29) is 18.8 Å². The van der Waals surface area contributed by atoms with Gasteiger partial charge in [0.25, 0.3) is 0 Å². The van der Waals surface area contributed by atoms with Crippen molar-refractivity contribution in [2.45, 2.75) is 30.8 Å². The molecule has 5 atom stereocenters. The number of aliphatic hydroxyl groups is 2. The van der Waals surface area contributed by atoms with Crippen molar-refractivity contribution in [1.82, 2.24) is 0 Å². The van der Waals surface area contributed by atoms with E-state index in [1.54, 1.807) is 0 Å². The molecule has 5 unspecified atom stereocenters. The van der Waals surface area contributed by atoms with Gasteiger partial charge in [-0.2, -0.15) is 0 Å². The summed E-state index contributed by atoms with van der Waals surface area (Å²) in [5.74, 6) is 0.373. The van der Waals surface area contributed by atoms with Crippen LogP contribution in [0.25, 0.3) is 0 Å². The summed E-state index contributed by atoms with van der Waals surface area (Å²) in [7, 11) is 0. The predicted molar refractivity (Wildman–Crippen MR) is 42.9 cm³/mol. The first-order valence-corrected chi connectivity index (χ1v) is 4.85. The molecule has 0 bridgehead atoms. The Morgan fingerprint density at radius 3 is 3.00 bits per heavy atom. The molecule has 0 amide bonds. The van der Waals surface area contributed by atoms with Crippen LogP contribution in [0.15, 0.2) is 0 Å². The van der Waals surface area contributed by atoms with Gasteiger partial charge in [0, 0.05) is 5.92 Å². The lowest BCUT2D eigenvalue weighted by atomic mass is 9.84. The van der Waals surface area contributed by atoms with Crippen LogP contribution in [0.1, 0.15) is 12.8 Å². The summed E-state index contributed by atoms with van der Waals surface area (Å²) in [4.78, 5) is 0. The summed E-state index contributed by atoms with van der Waals surface area (Å²) in [6.07, 6.45) is 0.726. The monoisotopic (exact) mass is 186 g/mol. The SMILES string of the molecule is OC1CC2CCOC3OCC1(O)C23. The molecule has 2 aliphatic heterocycles. The highest BCUT2D eigenvalue weighted by molar-refractivity contribution is 5.08. The molecule has 0 aromatic carbocycles. The molecule has 0 radical (unpaired) electrons. The molecule has 0 aromatic rings. The maximum Gasteiger partial charge on any atom is 0.163 e. The van der Waals surface area contributed by atoms with Crippen molar-refractivity contribution >= 4 is 0 Å². The van der Waals surface area contributed by atoms with E-state index in [1.165, 1.54) is 0 Å². The van der Waals surface area contributed by atoms with Crippen molar-refractivity contribution < 1.29 is 19.7 Å². The van der Waals surface area contributed by atoms with Crippen molar-refractivity contribution in [3.05, 3.63) is 0 Å². The maximum atomic E-state index is 10.2. The highest BCUT2D eigenvalue weighted by Crippen LogP contribution is 2.51. The molecule has 3 rings (SSSR count). The molecule has 2 saturated heterocycles. The molecule has 2 N–H and O–H groups in total. The Hall–Kier alpha value is -0.160. The third-order valence-corrected chi connectivity index (χ3v) is 3.73. The molecule has 3 fully saturated rings. The third-order valence-electron chi connectivity index (χ3n) is 3.73. The van der Waals surface area contributed by atoms with Crippen LogP contribution in [-0.4, -0.2) is 41.4 Å². The lowest BCUT2D eigenvalue weighted by Gasteiger charge is -2.31. The molecule has 4 heteroatoms. The normalized spacial score (nSPS) is 59.5. The topological polar surface area (TPSA) is 58.9 Å². The Balaban J connectivity index is 1.97. The standard InChI is InChI=1S/C9H14O4/c10-6-3-5-1-2-12-8-7(5)9(6,11)4-13-8/h5-8,10-11H,1-4H2. The number of aliphatic hydroxyl groups excluding tert-OH is 1. The fourth-order valence-electron chi connectivity index (χ4n) is 3.02. The summed E-state index contributed by atoms with van der Waals surface area (Å²) in [6.45, 7) is 0.911. The van der Waals surface area contributed by atoms with Crippen LogP contribution in [0, 0.1) is 11.8 Å². The lowest BCUT2D eigenvalue weighted by molar-refractivity contribution is -0.166. The van der Waals surface area contributed by atoms with E-state index < -0.39 is 11.7 Å². The van der Waals surface area contributed by atoms with E-state index in [0.717, 1.165) is 6.42 Å². The second-order valence-electron chi connectivity index (χ2n) is 4.37. The minimum Gasteiger partial charge on any atom is -0.390 e. The van der Waals surface area contributed by atoms with Gasteiger partial charge in [0.1, 0.15) is 5.60 Å². The van der Waals surface area contributed by atoms with Crippen LogP contribution in [0.3, 0.4) is 0 Å². The second-order valence-corrected chi connectivity index (χ2v) is 4.37. The van der Waals surface area contributed by atoms with Crippen LogP contribution in [-0.2, 0) is 9.47 Å². The van der Waals surface area contributed by atoms with Crippen LogP contribution in [0.2, 0.25) is 0 Å². The molecule has 4 nitrogen and oxygen atoms in total. The fourth-order valence-corrected chi connectivity index (χ4v) is 3.02. The molecule has 74 valence electrons. The minimum atomic E-state index is -1.03. The first-order chi connectivity index (χ1) is 6.22. The second kappa shape index (κ2) is 2.45. The molecule has 13 heavy (non-hydrogen) atoms. The van der Waals surface area contributed by atoms with E-state index in [0.29, 0.717) is 18.9 Å². The first kappa shape index (κ1) is 8.17. The zero-order chi connectivity index (χ0) is 9.05. The van der Waals surface area contributed by atoms with E-state index in [4.69, 9.17) is 9.47 Å². The molecule has 0 spiro atoms. The van der Waals surface area contributed by atoms with Crippen molar-refractivity contribution in [3.8, 4) is 0 Å². The van der Waals surface area contributed by atoms with Gasteiger partial charge in [-0.15, -0.1) is 0 Å². The van der Waals surface area contributed by atoms with E-state index >= 15 is 0 Å². The van der Waals surface area contributed by atoms with Gasteiger partial charge in [0.2, 0.25) is 0 Å². The number of ether oxygens (including phenoxy) is 2. The van der Waals surface area contributed by atoms with Crippen LogP contribution in [0.5, 0.6) is 0 Å². The molecule has 1 aliphatic carbocycles. The van der Waals surface area contributed by atoms with Gasteiger partial charge in [0.05, 0.1) is 19.3 Å². The highest BCUT2D eigenvalue weighted by atomic mass is 16.7. The van der Waals surface area contributed by atoms with Crippen molar-refractivity contribution in [1.29, 1.82) is 0 Å². The average Bonchev–Trinajstić information content (AvgIpc) is 2.57. The zero-order valence-corrected chi connectivity index (χ0v) is 7.35. The van der Waals surface area contributed by atoms with Crippen molar-refractivity contribution in [3.63, 3.8) is 0 Å². The summed E-state index contributed by atoms with van der Waals surface area (Å²) in [5, 5.41) is 19.9. The number of hydrogen-bond donors (Lipinski definition) is 2. The highest BCUT2D eigenvalue weighted by Gasteiger charge is 2.62. The van der Waals surface area contributed by atoms with Gasteiger partial charge in [-0.3, -0.25) is 0 Å². The van der Waals surface area contributed by atoms with Gasteiger partial charge >= 0.3 is 0 Å². The van der Waals surface area contributed by atoms with E-state index in [2.05, 4.69) is 0 Å². The summed E-state index contributed by atoms with van der Waals surface area (Å²) in [5.41, 5.74) is -1.03. The molecule has 3 aliphatic rings. The summed E-state index contributed by atoms with van der Waals surface area (Å²) < 4.78 is 10.7. The molecule has 1 saturated carbocycles. The van der Waals surface area contributed by atoms with Crippen molar-refractivity contribution in [2.24, 2.45) is 11.8 Å². The predicted octanol–water partition coefficient (Wildman–Crippen LogP) is -0.509. The smallest absolute Gasteiger partial charge is 0.163 e. The lowest BCUT2D eigenvalue weighted by Crippen LogP contribution is -2.46. The number of hydrogen-bond acceptors (Lipinski definition) is 4. The van der Waals surface area contributed by atoms with Crippen molar-refractivity contribution in [2.75, 3.05) is 13.2 Å². The molecule has 2 heterocycles. The summed E-state index contributed by atoms with van der Waals surface area (Å²) >= 11 is 0. The molecular formula is C9H14O4. The summed E-state index contributed by atoms with van der Waals surface area (Å²) in [6, 6.07) is 0. The van der Waals surface area contributed by atoms with Crippen LogP contribution < -0.4 is 0 Å². The fraction of sp³-hybridized carbons (Fsp3) is 1.00. The Labute approximate surface area is 76.5 Å². The zero-order valence-electron chi connectivity index (χ0n) is 7.35.